The van der Waals surface area contributed by atoms with E-state index < -0.39 is 23.4 Å². The predicted octanol–water partition coefficient (Wildman–Crippen LogP) is 4.48. The van der Waals surface area contributed by atoms with Crippen LogP contribution in [0.1, 0.15) is 67.2 Å². The molecule has 0 saturated carbocycles. The smallest absolute Gasteiger partial charge is 0.407 e. The highest BCUT2D eigenvalue weighted by atomic mass is 19.1. The molecule has 1 aliphatic rings. The van der Waals surface area contributed by atoms with Crippen LogP contribution in [0.2, 0.25) is 0 Å². The number of alkyl carbamates (subject to hydrolysis) is 1. The molecule has 0 saturated heterocycles. The number of nitrogens with one attached hydrogen (secondary N) is 2. The molecule has 156 valence electrons. The zero-order chi connectivity index (χ0) is 21.5. The van der Waals surface area contributed by atoms with Crippen LogP contribution in [0, 0.1) is 19.7 Å². The van der Waals surface area contributed by atoms with E-state index in [2.05, 4.69) is 10.3 Å². The normalized spacial score (nSPS) is 17.2. The molecule has 0 spiro atoms. The first-order chi connectivity index (χ1) is 13.5. The zero-order valence-electron chi connectivity index (χ0n) is 17.5. The van der Waals surface area contributed by atoms with Crippen molar-refractivity contribution < 1.29 is 18.7 Å². The average Bonchev–Trinajstić information content (AvgIpc) is 2.88. The molecule has 2 aromatic rings. The summed E-state index contributed by atoms with van der Waals surface area (Å²) in [6, 6.07) is 1.19. The second-order valence-electron chi connectivity index (χ2n) is 8.68. The summed E-state index contributed by atoms with van der Waals surface area (Å²) in [4.78, 5) is 27.1. The van der Waals surface area contributed by atoms with E-state index in [1.165, 1.54) is 6.07 Å². The Kier molecular flexibility index (Phi) is 5.43. The Balaban J connectivity index is 1.97. The van der Waals surface area contributed by atoms with E-state index >= 15 is 4.39 Å². The van der Waals surface area contributed by atoms with E-state index in [1.807, 2.05) is 40.7 Å². The molecule has 0 unspecified atom stereocenters. The van der Waals surface area contributed by atoms with Crippen LogP contribution in [0.25, 0.3) is 16.5 Å². The summed E-state index contributed by atoms with van der Waals surface area (Å²) in [6.07, 6.45) is 2.91. The maximum Gasteiger partial charge on any atom is 0.407 e. The number of hydrogen-bond donors (Lipinski definition) is 3. The maximum absolute atomic E-state index is 15.1. The number of halogens is 1. The third-order valence-corrected chi connectivity index (χ3v) is 5.19. The van der Waals surface area contributed by atoms with Crippen molar-refractivity contribution in [2.24, 2.45) is 5.73 Å². The highest BCUT2D eigenvalue weighted by molar-refractivity contribution is 6.09. The SMILES string of the molecule is Cc1[nH]c2c(C(N)=O)cc(F)c(C3=CCC[C@H](OC(=O)NC(C)(C)C)C3)c2c1C. The van der Waals surface area contributed by atoms with Gasteiger partial charge in [-0.05, 0) is 64.7 Å². The summed E-state index contributed by atoms with van der Waals surface area (Å²) in [5.74, 6) is -1.18. The van der Waals surface area contributed by atoms with Gasteiger partial charge in [-0.2, -0.15) is 0 Å². The van der Waals surface area contributed by atoms with Gasteiger partial charge in [-0.25, -0.2) is 9.18 Å². The number of nitrogens with two attached hydrogens (primary N) is 1. The van der Waals surface area contributed by atoms with Crippen LogP contribution in [0.3, 0.4) is 0 Å². The number of primary amides is 1. The lowest BCUT2D eigenvalue weighted by Crippen LogP contribution is -2.42. The maximum atomic E-state index is 15.1. The van der Waals surface area contributed by atoms with Crippen LogP contribution in [-0.2, 0) is 4.74 Å². The van der Waals surface area contributed by atoms with Crippen LogP contribution < -0.4 is 11.1 Å². The van der Waals surface area contributed by atoms with Gasteiger partial charge in [0.15, 0.2) is 0 Å². The second kappa shape index (κ2) is 7.54. The molecular weight excluding hydrogens is 373 g/mol. The number of carbonyl (C=O) groups excluding carboxylic acids is 2. The number of rotatable bonds is 3. The number of amides is 2. The Bertz CT molecular complexity index is 1010. The number of aromatic nitrogens is 1. The van der Waals surface area contributed by atoms with Gasteiger partial charge in [0.25, 0.3) is 5.91 Å². The second-order valence-corrected chi connectivity index (χ2v) is 8.68. The van der Waals surface area contributed by atoms with Crippen molar-refractivity contribution in [2.45, 2.75) is 65.5 Å². The Labute approximate surface area is 169 Å². The van der Waals surface area contributed by atoms with Crippen LogP contribution in [0.15, 0.2) is 12.1 Å². The quantitative estimate of drug-likeness (QED) is 0.707. The molecule has 1 aliphatic carbocycles. The number of aryl methyl sites for hydroxylation is 2. The van der Waals surface area contributed by atoms with Gasteiger partial charge in [0.1, 0.15) is 11.9 Å². The van der Waals surface area contributed by atoms with E-state index in [0.717, 1.165) is 16.8 Å². The Morgan fingerprint density at radius 3 is 2.62 bits per heavy atom. The number of ether oxygens (including phenoxy) is 1. The molecule has 3 rings (SSSR count). The van der Waals surface area contributed by atoms with E-state index in [9.17, 15) is 9.59 Å². The van der Waals surface area contributed by atoms with Crippen molar-refractivity contribution in [1.82, 2.24) is 10.3 Å². The molecule has 29 heavy (non-hydrogen) atoms. The van der Waals surface area contributed by atoms with Crippen molar-refractivity contribution >= 4 is 28.5 Å². The molecule has 1 aromatic carbocycles. The minimum absolute atomic E-state index is 0.131. The molecule has 7 heteroatoms. The zero-order valence-corrected chi connectivity index (χ0v) is 17.5. The third-order valence-electron chi connectivity index (χ3n) is 5.19. The molecule has 2 amide bonds. The minimum Gasteiger partial charge on any atom is -0.446 e. The molecule has 0 fully saturated rings. The molecular formula is C22H28FN3O3. The van der Waals surface area contributed by atoms with Gasteiger partial charge >= 0.3 is 6.09 Å². The van der Waals surface area contributed by atoms with Crippen LogP contribution >= 0.6 is 0 Å². The third kappa shape index (κ3) is 4.28. The Hall–Kier alpha value is -2.83. The fraction of sp³-hybridized carbons (Fsp3) is 0.455. The number of allylic oxidation sites excluding steroid dienone is 1. The fourth-order valence-corrected chi connectivity index (χ4v) is 3.80. The van der Waals surface area contributed by atoms with Crippen molar-refractivity contribution in [2.75, 3.05) is 0 Å². The van der Waals surface area contributed by atoms with Gasteiger partial charge in [-0.1, -0.05) is 6.08 Å². The Morgan fingerprint density at radius 2 is 2.00 bits per heavy atom. The highest BCUT2D eigenvalue weighted by Gasteiger charge is 2.27. The van der Waals surface area contributed by atoms with E-state index in [-0.39, 0.29) is 11.7 Å². The molecule has 0 radical (unpaired) electrons. The Morgan fingerprint density at radius 1 is 1.31 bits per heavy atom. The molecule has 0 aliphatic heterocycles. The lowest BCUT2D eigenvalue weighted by Gasteiger charge is -2.27. The summed E-state index contributed by atoms with van der Waals surface area (Å²) in [5, 5.41) is 3.44. The van der Waals surface area contributed by atoms with Gasteiger partial charge in [0, 0.05) is 28.6 Å². The lowest BCUT2D eigenvalue weighted by atomic mass is 9.87. The minimum atomic E-state index is -0.681. The summed E-state index contributed by atoms with van der Waals surface area (Å²) < 4.78 is 20.7. The number of fused-ring (bicyclic) bond motifs is 1. The first kappa shape index (κ1) is 20.9. The molecule has 1 aromatic heterocycles. The number of benzene rings is 1. The molecule has 1 heterocycles. The predicted molar refractivity (Wildman–Crippen MR) is 111 cm³/mol. The molecule has 6 nitrogen and oxygen atoms in total. The van der Waals surface area contributed by atoms with Gasteiger partial charge in [-0.15, -0.1) is 0 Å². The summed E-state index contributed by atoms with van der Waals surface area (Å²) >= 11 is 0. The monoisotopic (exact) mass is 401 g/mol. The van der Waals surface area contributed by atoms with Crippen molar-refractivity contribution in [3.8, 4) is 0 Å². The van der Waals surface area contributed by atoms with Crippen LogP contribution in [0.4, 0.5) is 9.18 Å². The lowest BCUT2D eigenvalue weighted by molar-refractivity contribution is 0.0877. The summed E-state index contributed by atoms with van der Waals surface area (Å²) in [5.41, 5.74) is 8.66. The molecule has 0 bridgehead atoms. The van der Waals surface area contributed by atoms with E-state index in [4.69, 9.17) is 10.5 Å². The largest absolute Gasteiger partial charge is 0.446 e. The van der Waals surface area contributed by atoms with Crippen molar-refractivity contribution in [3.63, 3.8) is 0 Å². The summed E-state index contributed by atoms with van der Waals surface area (Å²) in [7, 11) is 0. The number of aromatic amines is 1. The van der Waals surface area contributed by atoms with Crippen LogP contribution in [0.5, 0.6) is 0 Å². The fourth-order valence-electron chi connectivity index (χ4n) is 3.80. The van der Waals surface area contributed by atoms with Crippen molar-refractivity contribution in [1.29, 1.82) is 0 Å². The molecule has 1 atom stereocenters. The molecule has 4 N–H and O–H groups in total. The van der Waals surface area contributed by atoms with Crippen molar-refractivity contribution in [3.05, 3.63) is 40.3 Å². The van der Waals surface area contributed by atoms with Gasteiger partial charge < -0.3 is 20.8 Å². The average molecular weight is 401 g/mol. The standard InChI is InChI=1S/C22H28FN3O3/c1-11-12(2)25-19-15(20(24)27)10-16(23)18(17(11)19)13-7-6-8-14(9-13)29-21(28)26-22(3,4)5/h7,10,14,25H,6,8-9H2,1-5H3,(H2,24,27)(H,26,28)/t14-/m0/s1. The van der Waals surface area contributed by atoms with Gasteiger partial charge in [-0.3, -0.25) is 4.79 Å². The first-order valence-corrected chi connectivity index (χ1v) is 9.77. The number of carbonyl (C=O) groups is 2. The highest BCUT2D eigenvalue weighted by Crippen LogP contribution is 2.38. The van der Waals surface area contributed by atoms with Gasteiger partial charge in [0.2, 0.25) is 0 Å². The van der Waals surface area contributed by atoms with E-state index in [0.29, 0.717) is 35.7 Å². The number of H-pyrrole nitrogens is 1. The van der Waals surface area contributed by atoms with Gasteiger partial charge in [0.05, 0.1) is 11.1 Å². The summed E-state index contributed by atoms with van der Waals surface area (Å²) in [6.45, 7) is 9.40. The first-order valence-electron chi connectivity index (χ1n) is 9.77. The van der Waals surface area contributed by atoms with E-state index in [1.54, 1.807) is 0 Å². The topological polar surface area (TPSA) is 97.2 Å². The number of hydrogen-bond acceptors (Lipinski definition) is 3. The van der Waals surface area contributed by atoms with Crippen LogP contribution in [-0.4, -0.2) is 28.6 Å².